The number of amides is 1. The molecule has 3 aromatic carbocycles. The first kappa shape index (κ1) is 23.6. The van der Waals surface area contributed by atoms with Crippen LogP contribution >= 0.6 is 0 Å². The van der Waals surface area contributed by atoms with Gasteiger partial charge in [0.1, 0.15) is 11.5 Å². The Labute approximate surface area is 203 Å². The molecule has 1 aromatic heterocycles. The highest BCUT2D eigenvalue weighted by Crippen LogP contribution is 2.28. The first-order chi connectivity index (χ1) is 17.0. The molecule has 4 aromatic rings. The lowest BCUT2D eigenvalue weighted by atomic mass is 10.1. The number of aromatic nitrogens is 2. The number of rotatable bonds is 8. The lowest BCUT2D eigenvalue weighted by Crippen LogP contribution is -2.11. The SMILES string of the molecule is CCOC(=O)c1cc(-c2cccc(NC(=O)c3ccc(OC)cc3)c2)n(-c2ccc(OC)cc2)n1. The van der Waals surface area contributed by atoms with Crippen molar-refractivity contribution in [1.82, 2.24) is 9.78 Å². The molecule has 1 heterocycles. The minimum atomic E-state index is -0.509. The Kier molecular flexibility index (Phi) is 7.11. The van der Waals surface area contributed by atoms with E-state index in [1.807, 2.05) is 42.5 Å². The number of hydrogen-bond donors (Lipinski definition) is 1. The van der Waals surface area contributed by atoms with Crippen LogP contribution in [0.25, 0.3) is 16.9 Å². The van der Waals surface area contributed by atoms with Crippen molar-refractivity contribution >= 4 is 17.6 Å². The quantitative estimate of drug-likeness (QED) is 0.364. The largest absolute Gasteiger partial charge is 0.497 e. The first-order valence-corrected chi connectivity index (χ1v) is 11.0. The molecule has 0 spiro atoms. The summed E-state index contributed by atoms with van der Waals surface area (Å²) in [5, 5.41) is 7.40. The van der Waals surface area contributed by atoms with Crippen molar-refractivity contribution in [2.45, 2.75) is 6.92 Å². The molecule has 4 rings (SSSR count). The Morgan fingerprint density at radius 1 is 0.886 bits per heavy atom. The van der Waals surface area contributed by atoms with Gasteiger partial charge in [0.25, 0.3) is 5.91 Å². The molecular formula is C27H25N3O5. The summed E-state index contributed by atoms with van der Waals surface area (Å²) in [7, 11) is 3.17. The van der Waals surface area contributed by atoms with E-state index < -0.39 is 5.97 Å². The van der Waals surface area contributed by atoms with Gasteiger partial charge in [0.2, 0.25) is 0 Å². The van der Waals surface area contributed by atoms with Gasteiger partial charge in [-0.1, -0.05) is 12.1 Å². The van der Waals surface area contributed by atoms with Crippen LogP contribution in [0, 0.1) is 0 Å². The van der Waals surface area contributed by atoms with Crippen molar-refractivity contribution in [2.24, 2.45) is 0 Å². The number of nitrogens with zero attached hydrogens (tertiary/aromatic N) is 2. The molecule has 0 aliphatic rings. The average Bonchev–Trinajstić information content (AvgIpc) is 3.35. The molecule has 0 bridgehead atoms. The third kappa shape index (κ3) is 5.33. The van der Waals surface area contributed by atoms with Crippen molar-refractivity contribution in [3.05, 3.63) is 90.1 Å². The van der Waals surface area contributed by atoms with Crippen LogP contribution in [-0.2, 0) is 4.74 Å². The summed E-state index contributed by atoms with van der Waals surface area (Å²) in [6.07, 6.45) is 0. The summed E-state index contributed by atoms with van der Waals surface area (Å²) < 4.78 is 17.2. The van der Waals surface area contributed by atoms with E-state index in [1.165, 1.54) is 0 Å². The monoisotopic (exact) mass is 471 g/mol. The first-order valence-electron chi connectivity index (χ1n) is 11.0. The molecule has 178 valence electrons. The van der Waals surface area contributed by atoms with E-state index in [4.69, 9.17) is 14.2 Å². The second-order valence-electron chi connectivity index (χ2n) is 7.51. The van der Waals surface area contributed by atoms with Crippen LogP contribution in [0.1, 0.15) is 27.8 Å². The van der Waals surface area contributed by atoms with E-state index in [0.29, 0.717) is 28.4 Å². The number of nitrogens with one attached hydrogen (secondary N) is 1. The summed E-state index contributed by atoms with van der Waals surface area (Å²) >= 11 is 0. The lowest BCUT2D eigenvalue weighted by Gasteiger charge is -2.11. The van der Waals surface area contributed by atoms with Gasteiger partial charge < -0.3 is 19.5 Å². The van der Waals surface area contributed by atoms with E-state index in [9.17, 15) is 9.59 Å². The molecule has 0 aliphatic heterocycles. The fourth-order valence-electron chi connectivity index (χ4n) is 3.51. The minimum absolute atomic E-state index is 0.185. The second-order valence-corrected chi connectivity index (χ2v) is 7.51. The molecule has 35 heavy (non-hydrogen) atoms. The predicted molar refractivity (Wildman–Crippen MR) is 132 cm³/mol. The average molecular weight is 472 g/mol. The number of carbonyl (C=O) groups is 2. The molecule has 0 atom stereocenters. The zero-order valence-corrected chi connectivity index (χ0v) is 19.6. The lowest BCUT2D eigenvalue weighted by molar-refractivity contribution is 0.0519. The molecule has 0 unspecified atom stereocenters. The van der Waals surface area contributed by atoms with Gasteiger partial charge in [-0.15, -0.1) is 0 Å². The van der Waals surface area contributed by atoms with Gasteiger partial charge in [0, 0.05) is 16.8 Å². The minimum Gasteiger partial charge on any atom is -0.497 e. The topological polar surface area (TPSA) is 91.7 Å². The third-order valence-electron chi connectivity index (χ3n) is 5.28. The number of hydrogen-bond acceptors (Lipinski definition) is 6. The smallest absolute Gasteiger partial charge is 0.358 e. The van der Waals surface area contributed by atoms with Gasteiger partial charge >= 0.3 is 5.97 Å². The van der Waals surface area contributed by atoms with Gasteiger partial charge in [-0.25, -0.2) is 9.48 Å². The van der Waals surface area contributed by atoms with E-state index in [0.717, 1.165) is 11.3 Å². The van der Waals surface area contributed by atoms with Crippen LogP contribution < -0.4 is 14.8 Å². The highest BCUT2D eigenvalue weighted by atomic mass is 16.5. The van der Waals surface area contributed by atoms with Crippen LogP contribution in [0.5, 0.6) is 11.5 Å². The van der Waals surface area contributed by atoms with Gasteiger partial charge in [0.05, 0.1) is 32.2 Å². The second kappa shape index (κ2) is 10.6. The van der Waals surface area contributed by atoms with Crippen LogP contribution in [0.15, 0.2) is 78.9 Å². The normalized spacial score (nSPS) is 10.5. The molecular weight excluding hydrogens is 446 g/mol. The van der Waals surface area contributed by atoms with Gasteiger partial charge in [-0.05, 0) is 73.7 Å². The molecule has 0 fully saturated rings. The Morgan fingerprint density at radius 3 is 2.17 bits per heavy atom. The van der Waals surface area contributed by atoms with Crippen LogP contribution in [0.2, 0.25) is 0 Å². The number of anilines is 1. The molecule has 1 amide bonds. The van der Waals surface area contributed by atoms with Crippen molar-refractivity contribution in [3.63, 3.8) is 0 Å². The van der Waals surface area contributed by atoms with Crippen LogP contribution in [0.4, 0.5) is 5.69 Å². The molecule has 8 heteroatoms. The number of benzene rings is 3. The molecule has 0 saturated carbocycles. The molecule has 1 N–H and O–H groups in total. The summed E-state index contributed by atoms with van der Waals surface area (Å²) in [6.45, 7) is 1.99. The summed E-state index contributed by atoms with van der Waals surface area (Å²) in [4.78, 5) is 25.1. The molecule has 0 radical (unpaired) electrons. The fraction of sp³-hybridized carbons (Fsp3) is 0.148. The maximum atomic E-state index is 12.7. The van der Waals surface area contributed by atoms with Gasteiger partial charge in [0.15, 0.2) is 5.69 Å². The Morgan fingerprint density at radius 2 is 1.54 bits per heavy atom. The molecule has 0 saturated heterocycles. The van der Waals surface area contributed by atoms with Crippen LogP contribution in [-0.4, -0.2) is 42.5 Å². The zero-order chi connectivity index (χ0) is 24.8. The maximum absolute atomic E-state index is 12.7. The number of methoxy groups -OCH3 is 2. The highest BCUT2D eigenvalue weighted by molar-refractivity contribution is 6.04. The number of ether oxygens (including phenoxy) is 3. The van der Waals surface area contributed by atoms with E-state index in [2.05, 4.69) is 10.4 Å². The van der Waals surface area contributed by atoms with E-state index >= 15 is 0 Å². The third-order valence-corrected chi connectivity index (χ3v) is 5.28. The van der Waals surface area contributed by atoms with Gasteiger partial charge in [-0.2, -0.15) is 5.10 Å². The number of carbonyl (C=O) groups excluding carboxylic acids is 2. The maximum Gasteiger partial charge on any atom is 0.358 e. The van der Waals surface area contributed by atoms with Crippen LogP contribution in [0.3, 0.4) is 0 Å². The van der Waals surface area contributed by atoms with Crippen molar-refractivity contribution < 1.29 is 23.8 Å². The predicted octanol–water partition coefficient (Wildman–Crippen LogP) is 4.99. The van der Waals surface area contributed by atoms with E-state index in [-0.39, 0.29) is 18.2 Å². The summed E-state index contributed by atoms with van der Waals surface area (Å²) in [5.41, 5.74) is 3.46. The van der Waals surface area contributed by atoms with Crippen molar-refractivity contribution in [2.75, 3.05) is 26.1 Å². The van der Waals surface area contributed by atoms with Crippen molar-refractivity contribution in [1.29, 1.82) is 0 Å². The zero-order valence-electron chi connectivity index (χ0n) is 19.6. The van der Waals surface area contributed by atoms with E-state index in [1.54, 1.807) is 62.2 Å². The fourth-order valence-corrected chi connectivity index (χ4v) is 3.51. The van der Waals surface area contributed by atoms with Gasteiger partial charge in [-0.3, -0.25) is 4.79 Å². The Hall–Kier alpha value is -4.59. The summed E-state index contributed by atoms with van der Waals surface area (Å²) in [5.74, 6) is 0.620. The van der Waals surface area contributed by atoms with Crippen molar-refractivity contribution in [3.8, 4) is 28.4 Å². The Balaban J connectivity index is 1.68. The highest BCUT2D eigenvalue weighted by Gasteiger charge is 2.18. The Bertz CT molecular complexity index is 1330. The standard InChI is InChI=1S/C27H25N3O5/c1-4-35-27(32)24-17-25(30(29-24)21-10-14-23(34-3)15-11-21)19-6-5-7-20(16-19)28-26(31)18-8-12-22(33-2)13-9-18/h5-17H,4H2,1-3H3,(H,28,31). The number of esters is 1. The molecule has 8 nitrogen and oxygen atoms in total. The molecule has 0 aliphatic carbocycles. The summed E-state index contributed by atoms with van der Waals surface area (Å²) in [6, 6.07) is 23.2.